The number of thiazole rings is 1. The number of pyridine rings is 1. The number of nitrogens with one attached hydrogen (secondary N) is 1. The molecule has 1 N–H and O–H groups in total. The third-order valence-electron chi connectivity index (χ3n) is 4.53. The van der Waals surface area contributed by atoms with Crippen LogP contribution in [0.4, 0.5) is 5.13 Å². The Bertz CT molecular complexity index is 897. The molecule has 2 aromatic heterocycles. The van der Waals surface area contributed by atoms with Crippen LogP contribution >= 0.6 is 11.3 Å². The van der Waals surface area contributed by atoms with E-state index in [1.54, 1.807) is 6.20 Å². The molecule has 0 spiro atoms. The molecule has 0 unspecified atom stereocenters. The predicted molar refractivity (Wildman–Crippen MR) is 107 cm³/mol. The Morgan fingerprint density at radius 3 is 2.93 bits per heavy atom. The number of hydrogen-bond acceptors (Lipinski definition) is 6. The van der Waals surface area contributed by atoms with E-state index in [0.717, 1.165) is 16.3 Å². The van der Waals surface area contributed by atoms with Gasteiger partial charge in [0.25, 0.3) is 0 Å². The molecule has 1 atom stereocenters. The van der Waals surface area contributed by atoms with E-state index < -0.39 is 10.0 Å². The Morgan fingerprint density at radius 1 is 1.41 bits per heavy atom. The SMILES string of the molecule is CCCS(=O)(=O)N1CCC[C@H](C(=O)Nc2nc(C)c(-c3ccccn3)s2)C1. The summed E-state index contributed by atoms with van der Waals surface area (Å²) >= 11 is 1.38. The van der Waals surface area contributed by atoms with Gasteiger partial charge >= 0.3 is 0 Å². The van der Waals surface area contributed by atoms with Crippen LogP contribution in [0.1, 0.15) is 31.9 Å². The molecule has 0 saturated carbocycles. The number of nitrogens with zero attached hydrogens (tertiary/aromatic N) is 3. The minimum Gasteiger partial charge on any atom is -0.302 e. The third kappa shape index (κ3) is 4.72. The molecular formula is C18H24N4O3S2. The van der Waals surface area contributed by atoms with E-state index in [4.69, 9.17) is 0 Å². The lowest BCUT2D eigenvalue weighted by Crippen LogP contribution is -2.44. The van der Waals surface area contributed by atoms with Crippen LogP contribution in [0.15, 0.2) is 24.4 Å². The molecule has 1 saturated heterocycles. The fraction of sp³-hybridized carbons (Fsp3) is 0.500. The molecule has 0 aromatic carbocycles. The number of aryl methyl sites for hydroxylation is 1. The number of piperidine rings is 1. The molecule has 3 rings (SSSR count). The maximum atomic E-state index is 12.7. The summed E-state index contributed by atoms with van der Waals surface area (Å²) in [6.45, 7) is 4.46. The van der Waals surface area contributed by atoms with Gasteiger partial charge in [0.2, 0.25) is 15.9 Å². The minimum atomic E-state index is -3.28. The van der Waals surface area contributed by atoms with Crippen LogP contribution in [0.3, 0.4) is 0 Å². The van der Waals surface area contributed by atoms with Gasteiger partial charge in [-0.25, -0.2) is 17.7 Å². The molecule has 146 valence electrons. The number of aromatic nitrogens is 2. The van der Waals surface area contributed by atoms with Gasteiger partial charge in [-0.05, 0) is 38.3 Å². The highest BCUT2D eigenvalue weighted by Crippen LogP contribution is 2.32. The van der Waals surface area contributed by atoms with Crippen molar-refractivity contribution in [3.05, 3.63) is 30.1 Å². The summed E-state index contributed by atoms with van der Waals surface area (Å²) < 4.78 is 26.0. The summed E-state index contributed by atoms with van der Waals surface area (Å²) in [5.41, 5.74) is 1.63. The summed E-state index contributed by atoms with van der Waals surface area (Å²) in [6.07, 6.45) is 3.67. The van der Waals surface area contributed by atoms with Crippen LogP contribution in [-0.2, 0) is 14.8 Å². The molecule has 9 heteroatoms. The van der Waals surface area contributed by atoms with E-state index in [9.17, 15) is 13.2 Å². The summed E-state index contributed by atoms with van der Waals surface area (Å²) in [5.74, 6) is -0.402. The molecule has 7 nitrogen and oxygen atoms in total. The van der Waals surface area contributed by atoms with Gasteiger partial charge in [0.15, 0.2) is 5.13 Å². The molecule has 1 aliphatic rings. The standard InChI is InChI=1S/C18H24N4O3S2/c1-3-11-27(24,25)22-10-6-7-14(12-22)17(23)21-18-20-13(2)16(26-18)15-8-4-5-9-19-15/h4-5,8-9,14H,3,6-7,10-12H2,1-2H3,(H,20,21,23)/t14-/m0/s1. The summed E-state index contributed by atoms with van der Waals surface area (Å²) in [4.78, 5) is 22.4. The quantitative estimate of drug-likeness (QED) is 0.793. The van der Waals surface area contributed by atoms with Gasteiger partial charge in [-0.15, -0.1) is 0 Å². The van der Waals surface area contributed by atoms with Crippen LogP contribution in [0.25, 0.3) is 10.6 Å². The Balaban J connectivity index is 1.69. The van der Waals surface area contributed by atoms with E-state index >= 15 is 0 Å². The van der Waals surface area contributed by atoms with Crippen molar-refractivity contribution in [1.29, 1.82) is 0 Å². The predicted octanol–water partition coefficient (Wildman–Crippen LogP) is 2.90. The number of carbonyl (C=O) groups excluding carboxylic acids is 1. The van der Waals surface area contributed by atoms with E-state index in [2.05, 4.69) is 15.3 Å². The number of hydrogen-bond donors (Lipinski definition) is 1. The monoisotopic (exact) mass is 408 g/mol. The zero-order valence-electron chi connectivity index (χ0n) is 15.5. The van der Waals surface area contributed by atoms with Crippen molar-refractivity contribution in [3.8, 4) is 10.6 Å². The molecule has 2 aromatic rings. The van der Waals surface area contributed by atoms with E-state index in [1.807, 2.05) is 32.0 Å². The zero-order chi connectivity index (χ0) is 19.4. The van der Waals surface area contributed by atoms with Gasteiger partial charge in [-0.1, -0.05) is 24.3 Å². The van der Waals surface area contributed by atoms with Crippen molar-refractivity contribution < 1.29 is 13.2 Å². The molecule has 1 fully saturated rings. The average molecular weight is 409 g/mol. The summed E-state index contributed by atoms with van der Waals surface area (Å²) in [5, 5.41) is 3.39. The summed E-state index contributed by atoms with van der Waals surface area (Å²) in [7, 11) is -3.28. The van der Waals surface area contributed by atoms with Gasteiger partial charge < -0.3 is 5.32 Å². The highest BCUT2D eigenvalue weighted by atomic mass is 32.2. The number of amides is 1. The second-order valence-electron chi connectivity index (χ2n) is 6.65. The van der Waals surface area contributed by atoms with Crippen molar-refractivity contribution in [1.82, 2.24) is 14.3 Å². The first kappa shape index (κ1) is 19.9. The lowest BCUT2D eigenvalue weighted by Gasteiger charge is -2.30. The highest BCUT2D eigenvalue weighted by molar-refractivity contribution is 7.89. The van der Waals surface area contributed by atoms with Crippen LogP contribution in [0.2, 0.25) is 0 Å². The molecule has 0 bridgehead atoms. The maximum Gasteiger partial charge on any atom is 0.230 e. The Labute approximate surface area is 163 Å². The average Bonchev–Trinajstić information content (AvgIpc) is 3.02. The van der Waals surface area contributed by atoms with Crippen LogP contribution in [-0.4, -0.2) is 47.4 Å². The fourth-order valence-corrected chi connectivity index (χ4v) is 5.72. The molecule has 1 amide bonds. The number of anilines is 1. The second-order valence-corrected chi connectivity index (χ2v) is 9.74. The van der Waals surface area contributed by atoms with Crippen molar-refractivity contribution >= 4 is 32.4 Å². The largest absolute Gasteiger partial charge is 0.302 e. The molecule has 27 heavy (non-hydrogen) atoms. The van der Waals surface area contributed by atoms with E-state index in [0.29, 0.717) is 30.9 Å². The van der Waals surface area contributed by atoms with Crippen molar-refractivity contribution in [2.45, 2.75) is 33.1 Å². The van der Waals surface area contributed by atoms with Gasteiger partial charge in [0.1, 0.15) is 0 Å². The highest BCUT2D eigenvalue weighted by Gasteiger charge is 2.32. The first-order valence-electron chi connectivity index (χ1n) is 9.08. The molecule has 0 aliphatic carbocycles. The van der Waals surface area contributed by atoms with Gasteiger partial charge in [0.05, 0.1) is 27.9 Å². The molecule has 0 radical (unpaired) electrons. The van der Waals surface area contributed by atoms with Crippen molar-refractivity contribution in [2.75, 3.05) is 24.2 Å². The number of rotatable bonds is 6. The van der Waals surface area contributed by atoms with Crippen LogP contribution < -0.4 is 5.32 Å². The Morgan fingerprint density at radius 2 is 2.22 bits per heavy atom. The second kappa shape index (κ2) is 8.45. The van der Waals surface area contributed by atoms with Gasteiger partial charge in [-0.2, -0.15) is 0 Å². The molecular weight excluding hydrogens is 384 g/mol. The lowest BCUT2D eigenvalue weighted by molar-refractivity contribution is -0.120. The minimum absolute atomic E-state index is 0.125. The Hall–Kier alpha value is -1.84. The fourth-order valence-electron chi connectivity index (χ4n) is 3.19. The van der Waals surface area contributed by atoms with Crippen LogP contribution in [0.5, 0.6) is 0 Å². The zero-order valence-corrected chi connectivity index (χ0v) is 17.1. The summed E-state index contributed by atoms with van der Waals surface area (Å²) in [6, 6.07) is 5.67. The number of carbonyl (C=O) groups is 1. The lowest BCUT2D eigenvalue weighted by atomic mass is 9.99. The van der Waals surface area contributed by atoms with Crippen molar-refractivity contribution in [3.63, 3.8) is 0 Å². The van der Waals surface area contributed by atoms with Gasteiger partial charge in [0, 0.05) is 19.3 Å². The third-order valence-corrected chi connectivity index (χ3v) is 7.67. The van der Waals surface area contributed by atoms with Crippen LogP contribution in [0, 0.1) is 12.8 Å². The topological polar surface area (TPSA) is 92.3 Å². The molecule has 1 aliphatic heterocycles. The first-order valence-corrected chi connectivity index (χ1v) is 11.5. The molecule has 3 heterocycles. The van der Waals surface area contributed by atoms with E-state index in [1.165, 1.54) is 15.6 Å². The maximum absolute atomic E-state index is 12.7. The smallest absolute Gasteiger partial charge is 0.230 e. The van der Waals surface area contributed by atoms with Crippen molar-refractivity contribution in [2.24, 2.45) is 5.92 Å². The first-order chi connectivity index (χ1) is 12.9. The number of sulfonamides is 1. The van der Waals surface area contributed by atoms with Gasteiger partial charge in [-0.3, -0.25) is 9.78 Å². The Kier molecular flexibility index (Phi) is 6.23. The van der Waals surface area contributed by atoms with E-state index in [-0.39, 0.29) is 24.1 Å². The normalized spacial score (nSPS) is 18.4.